The fourth-order valence-corrected chi connectivity index (χ4v) is 7.08. The first-order valence-corrected chi connectivity index (χ1v) is 10.4. The molecule has 2 unspecified atom stereocenters. The quantitative estimate of drug-likeness (QED) is 0.323. The third-order valence-corrected chi connectivity index (χ3v) is 10.5. The van der Waals surface area contributed by atoms with Crippen LogP contribution in [0.25, 0.3) is 0 Å². The minimum absolute atomic E-state index is 0.182. The molecule has 0 fully saturated rings. The van der Waals surface area contributed by atoms with Crippen molar-refractivity contribution in [2.75, 3.05) is 24.6 Å². The number of thioether (sulfide) groups is 1. The molecule has 13 heteroatoms. The first-order chi connectivity index (χ1) is 10.2. The minimum Gasteiger partial charge on any atom is -0.479 e. The van der Waals surface area contributed by atoms with E-state index in [-0.39, 0.29) is 11.8 Å². The predicted octanol–water partition coefficient (Wildman–Crippen LogP) is -1.93. The number of hydrogen-bond acceptors (Lipinski definition) is 9. The first kappa shape index (κ1) is 22.1. The molecule has 0 saturated heterocycles. The molecule has 6 N–H and O–H groups in total. The lowest BCUT2D eigenvalue weighted by Crippen LogP contribution is -2.52. The highest BCUT2D eigenvalue weighted by Crippen LogP contribution is 2.44. The van der Waals surface area contributed by atoms with E-state index < -0.39 is 64.4 Å². The van der Waals surface area contributed by atoms with E-state index in [0.29, 0.717) is 0 Å². The van der Waals surface area contributed by atoms with Gasteiger partial charge in [-0.15, -0.1) is 0 Å². The molecule has 23 heavy (non-hydrogen) atoms. The van der Waals surface area contributed by atoms with Gasteiger partial charge in [-0.1, -0.05) is 11.8 Å². The third kappa shape index (κ3) is 4.15. The molecule has 136 valence electrons. The summed E-state index contributed by atoms with van der Waals surface area (Å²) in [5, 5.41) is 18.6. The molecule has 2 atom stereocenters. The Morgan fingerprint density at radius 2 is 1.13 bits per heavy atom. The number of aliphatic carboxylic acids is 2. The van der Waals surface area contributed by atoms with Crippen LogP contribution in [0.5, 0.6) is 0 Å². The maximum absolute atomic E-state index is 12.2. The van der Waals surface area contributed by atoms with Crippen LogP contribution >= 0.6 is 11.8 Å². The van der Waals surface area contributed by atoms with Crippen LogP contribution in [0, 0.1) is 0 Å². The number of hydrogen-bond donors (Lipinski definition) is 4. The van der Waals surface area contributed by atoms with Crippen molar-refractivity contribution in [2.24, 2.45) is 11.5 Å². The molecular formula is C10H20N2O8S3. The van der Waals surface area contributed by atoms with Crippen molar-refractivity contribution in [3.05, 3.63) is 0 Å². The Morgan fingerprint density at radius 3 is 1.30 bits per heavy atom. The van der Waals surface area contributed by atoms with Gasteiger partial charge in [0.15, 0.2) is 19.7 Å². The topological polar surface area (TPSA) is 195 Å². The van der Waals surface area contributed by atoms with E-state index >= 15 is 0 Å². The fourth-order valence-electron chi connectivity index (χ4n) is 1.55. The van der Waals surface area contributed by atoms with Gasteiger partial charge < -0.3 is 21.7 Å². The molecule has 0 amide bonds. The number of nitrogens with two attached hydrogens (primary N) is 2. The zero-order valence-electron chi connectivity index (χ0n) is 12.6. The number of sulfone groups is 2. The van der Waals surface area contributed by atoms with Gasteiger partial charge in [0, 0.05) is 13.1 Å². The van der Waals surface area contributed by atoms with Gasteiger partial charge in [0.25, 0.3) is 0 Å². The summed E-state index contributed by atoms with van der Waals surface area (Å²) in [5.74, 6) is -5.25. The highest BCUT2D eigenvalue weighted by molar-refractivity contribution is 8.23. The zero-order valence-corrected chi connectivity index (χ0v) is 15.0. The average Bonchev–Trinajstić information content (AvgIpc) is 2.37. The second-order valence-corrected chi connectivity index (χ2v) is 12.1. The smallest absolute Gasteiger partial charge is 0.335 e. The second-order valence-electron chi connectivity index (χ2n) is 4.82. The molecule has 0 rings (SSSR count). The van der Waals surface area contributed by atoms with E-state index in [1.54, 1.807) is 0 Å². The minimum atomic E-state index is -4.43. The lowest BCUT2D eigenvalue weighted by Gasteiger charge is -2.32. The van der Waals surface area contributed by atoms with Crippen molar-refractivity contribution < 1.29 is 36.6 Å². The number of carbonyl (C=O) groups is 2. The van der Waals surface area contributed by atoms with Crippen LogP contribution < -0.4 is 11.5 Å². The Kier molecular flexibility index (Phi) is 7.05. The maximum atomic E-state index is 12.2. The highest BCUT2D eigenvalue weighted by atomic mass is 32.3. The fraction of sp³-hybridized carbons (Fsp3) is 0.800. The van der Waals surface area contributed by atoms with Gasteiger partial charge in [0.2, 0.25) is 8.16 Å². The highest BCUT2D eigenvalue weighted by Gasteiger charge is 2.58. The summed E-state index contributed by atoms with van der Waals surface area (Å²) in [4.78, 5) is 22.9. The summed E-state index contributed by atoms with van der Waals surface area (Å²) in [6.45, 7) is 0.685. The van der Waals surface area contributed by atoms with Gasteiger partial charge in [-0.25, -0.2) is 26.4 Å². The van der Waals surface area contributed by atoms with Crippen LogP contribution in [0.3, 0.4) is 0 Å². The molecule has 0 saturated carbocycles. The van der Waals surface area contributed by atoms with E-state index in [0.717, 1.165) is 13.8 Å². The van der Waals surface area contributed by atoms with E-state index in [2.05, 4.69) is 0 Å². The Bertz CT molecular complexity index is 616. The molecule has 0 aliphatic rings. The molecule has 0 aliphatic carbocycles. The molecule has 10 nitrogen and oxygen atoms in total. The molecule has 0 heterocycles. The van der Waals surface area contributed by atoms with Crippen LogP contribution in [0.4, 0.5) is 0 Å². The van der Waals surface area contributed by atoms with Gasteiger partial charge in [0.1, 0.15) is 0 Å². The van der Waals surface area contributed by atoms with Crippen molar-refractivity contribution in [2.45, 2.75) is 22.0 Å². The van der Waals surface area contributed by atoms with E-state index in [4.69, 9.17) is 11.5 Å². The Hall–Kier alpha value is -0.890. The Morgan fingerprint density at radius 1 is 0.870 bits per heavy atom. The van der Waals surface area contributed by atoms with Crippen molar-refractivity contribution in [1.82, 2.24) is 0 Å². The van der Waals surface area contributed by atoms with Crippen molar-refractivity contribution in [3.8, 4) is 0 Å². The van der Waals surface area contributed by atoms with Crippen LogP contribution in [0.15, 0.2) is 0 Å². The predicted molar refractivity (Wildman–Crippen MR) is 85.4 cm³/mol. The molecule has 0 aromatic rings. The van der Waals surface area contributed by atoms with Gasteiger partial charge >= 0.3 is 11.9 Å². The summed E-state index contributed by atoms with van der Waals surface area (Å²) in [5.41, 5.74) is 10.3. The molecule has 0 aromatic carbocycles. The van der Waals surface area contributed by atoms with E-state index in [1.807, 2.05) is 0 Å². The first-order valence-electron chi connectivity index (χ1n) is 6.23. The Labute approximate surface area is 138 Å². The molecule has 0 aliphatic heterocycles. The average molecular weight is 392 g/mol. The van der Waals surface area contributed by atoms with Crippen LogP contribution in [-0.2, 0) is 29.3 Å². The second kappa shape index (κ2) is 7.34. The lowest BCUT2D eigenvalue weighted by molar-refractivity contribution is -0.137. The molecule has 0 bridgehead atoms. The summed E-state index contributed by atoms with van der Waals surface area (Å²) in [7, 11) is -8.87. The van der Waals surface area contributed by atoms with E-state index in [1.165, 1.54) is 0 Å². The van der Waals surface area contributed by atoms with Gasteiger partial charge in [-0.3, -0.25) is 0 Å². The summed E-state index contributed by atoms with van der Waals surface area (Å²) in [6, 6.07) is 0. The third-order valence-electron chi connectivity index (χ3n) is 3.13. The summed E-state index contributed by atoms with van der Waals surface area (Å²) in [6.07, 6.45) is 0. The zero-order chi connectivity index (χ0) is 18.7. The van der Waals surface area contributed by atoms with Gasteiger partial charge in [-0.05, 0) is 13.8 Å². The lowest BCUT2D eigenvalue weighted by atomic mass is 10.5. The van der Waals surface area contributed by atoms with Gasteiger partial charge in [-0.2, -0.15) is 0 Å². The summed E-state index contributed by atoms with van der Waals surface area (Å²) < 4.78 is 43.3. The SMILES string of the molecule is CC(SC(C)(C(=O)O)S(=O)(=O)CCN)(C(=O)O)S(=O)(=O)CCN. The van der Waals surface area contributed by atoms with Crippen molar-refractivity contribution in [3.63, 3.8) is 0 Å². The largest absolute Gasteiger partial charge is 0.479 e. The molecule has 0 radical (unpaired) electrons. The van der Waals surface area contributed by atoms with E-state index in [9.17, 15) is 36.6 Å². The normalized spacial score (nSPS) is 17.9. The van der Waals surface area contributed by atoms with Crippen LogP contribution in [0.1, 0.15) is 13.8 Å². The number of carboxylic acids is 2. The number of rotatable bonds is 10. The molecular weight excluding hydrogens is 372 g/mol. The summed E-state index contributed by atoms with van der Waals surface area (Å²) >= 11 is -0.182. The standard InChI is InChI=1S/C10H20N2O8S3/c1-9(7(13)14,22(17,18)5-3-11)21-10(2,8(15)16)23(19,20)6-4-12/h3-6,11-12H2,1-2H3,(H,13,14)(H,15,16). The monoisotopic (exact) mass is 392 g/mol. The van der Waals surface area contributed by atoms with Gasteiger partial charge in [0.05, 0.1) is 11.5 Å². The molecule has 0 spiro atoms. The number of carboxylic acid groups (broad SMARTS) is 2. The van der Waals surface area contributed by atoms with Crippen molar-refractivity contribution >= 4 is 43.4 Å². The maximum Gasteiger partial charge on any atom is 0.335 e. The van der Waals surface area contributed by atoms with Crippen LogP contribution in [-0.4, -0.2) is 71.7 Å². The van der Waals surface area contributed by atoms with Crippen molar-refractivity contribution in [1.29, 1.82) is 0 Å². The Balaban J connectivity index is 6.28. The molecule has 0 aromatic heterocycles. The van der Waals surface area contributed by atoms with Crippen LogP contribution in [0.2, 0.25) is 0 Å².